The van der Waals surface area contributed by atoms with E-state index in [1.54, 1.807) is 7.05 Å². The van der Waals surface area contributed by atoms with E-state index in [0.717, 1.165) is 0 Å². The van der Waals surface area contributed by atoms with Crippen molar-refractivity contribution in [2.75, 3.05) is 7.05 Å². The lowest BCUT2D eigenvalue weighted by molar-refractivity contribution is -0.182. The third-order valence-electron chi connectivity index (χ3n) is 3.83. The predicted octanol–water partition coefficient (Wildman–Crippen LogP) is 2.49. The first-order chi connectivity index (χ1) is 9.21. The minimum atomic E-state index is -4.23. The van der Waals surface area contributed by atoms with Crippen LogP contribution in [0.25, 0.3) is 0 Å². The SMILES string of the molecule is CC(C)N(C)C(=O)c1cnc2n1CC(C(F)(F)F)CC2. The molecule has 0 saturated heterocycles. The molecule has 0 saturated carbocycles. The number of amides is 1. The van der Waals surface area contributed by atoms with Crippen LogP contribution in [0.4, 0.5) is 13.2 Å². The number of alkyl halides is 3. The lowest BCUT2D eigenvalue weighted by atomic mass is 9.99. The second-order valence-electron chi connectivity index (χ2n) is 5.46. The Morgan fingerprint density at radius 2 is 2.15 bits per heavy atom. The van der Waals surface area contributed by atoms with Crippen LogP contribution in [0, 0.1) is 5.92 Å². The quantitative estimate of drug-likeness (QED) is 0.839. The molecule has 20 heavy (non-hydrogen) atoms. The van der Waals surface area contributed by atoms with Gasteiger partial charge in [-0.2, -0.15) is 13.2 Å². The Labute approximate surface area is 115 Å². The molecule has 1 unspecified atom stereocenters. The van der Waals surface area contributed by atoms with E-state index < -0.39 is 12.1 Å². The second kappa shape index (κ2) is 5.10. The zero-order valence-electron chi connectivity index (χ0n) is 11.7. The van der Waals surface area contributed by atoms with Gasteiger partial charge >= 0.3 is 6.18 Å². The van der Waals surface area contributed by atoms with Crippen molar-refractivity contribution < 1.29 is 18.0 Å². The molecule has 7 heteroatoms. The largest absolute Gasteiger partial charge is 0.393 e. The van der Waals surface area contributed by atoms with Crippen molar-refractivity contribution in [2.24, 2.45) is 5.92 Å². The van der Waals surface area contributed by atoms with Gasteiger partial charge in [0.1, 0.15) is 11.5 Å². The zero-order chi connectivity index (χ0) is 15.1. The normalized spacial score (nSPS) is 19.1. The fourth-order valence-electron chi connectivity index (χ4n) is 2.29. The highest BCUT2D eigenvalue weighted by atomic mass is 19.4. The van der Waals surface area contributed by atoms with Crippen LogP contribution in [0.2, 0.25) is 0 Å². The number of imidazole rings is 1. The van der Waals surface area contributed by atoms with Crippen LogP contribution in [0.5, 0.6) is 0 Å². The van der Waals surface area contributed by atoms with Crippen LogP contribution in [0.15, 0.2) is 6.20 Å². The molecule has 1 aromatic rings. The summed E-state index contributed by atoms with van der Waals surface area (Å²) in [6, 6.07) is -0.0179. The minimum absolute atomic E-state index is 0.0179. The average molecular weight is 289 g/mol. The Kier molecular flexibility index (Phi) is 3.80. The number of hydrogen-bond donors (Lipinski definition) is 0. The van der Waals surface area contributed by atoms with Crippen LogP contribution in [0.1, 0.15) is 36.6 Å². The molecule has 1 aliphatic heterocycles. The van der Waals surface area contributed by atoms with Crippen molar-refractivity contribution in [2.45, 2.75) is 45.5 Å². The maximum absolute atomic E-state index is 12.8. The van der Waals surface area contributed by atoms with Crippen LogP contribution < -0.4 is 0 Å². The number of carbonyl (C=O) groups is 1. The van der Waals surface area contributed by atoms with Crippen molar-refractivity contribution in [3.05, 3.63) is 17.7 Å². The van der Waals surface area contributed by atoms with Gasteiger partial charge in [0.25, 0.3) is 5.91 Å². The number of hydrogen-bond acceptors (Lipinski definition) is 2. The van der Waals surface area contributed by atoms with Crippen molar-refractivity contribution in [3.8, 4) is 0 Å². The lowest BCUT2D eigenvalue weighted by Crippen LogP contribution is -2.37. The summed E-state index contributed by atoms with van der Waals surface area (Å²) in [4.78, 5) is 17.8. The van der Waals surface area contributed by atoms with E-state index >= 15 is 0 Å². The molecule has 1 atom stereocenters. The first-order valence-corrected chi connectivity index (χ1v) is 6.60. The monoisotopic (exact) mass is 289 g/mol. The number of nitrogens with zero attached hydrogens (tertiary/aromatic N) is 3. The molecule has 0 bridgehead atoms. The first kappa shape index (κ1) is 14.9. The van der Waals surface area contributed by atoms with Gasteiger partial charge in [-0.25, -0.2) is 4.98 Å². The Balaban J connectivity index is 2.28. The van der Waals surface area contributed by atoms with Gasteiger partial charge in [0.05, 0.1) is 12.1 Å². The number of aromatic nitrogens is 2. The van der Waals surface area contributed by atoms with Gasteiger partial charge in [0.2, 0.25) is 0 Å². The Hall–Kier alpha value is -1.53. The summed E-state index contributed by atoms with van der Waals surface area (Å²) >= 11 is 0. The highest BCUT2D eigenvalue weighted by Gasteiger charge is 2.42. The molecule has 2 rings (SSSR count). The van der Waals surface area contributed by atoms with Crippen molar-refractivity contribution in [3.63, 3.8) is 0 Å². The van der Waals surface area contributed by atoms with Crippen molar-refractivity contribution in [1.29, 1.82) is 0 Å². The van der Waals surface area contributed by atoms with E-state index in [1.807, 2.05) is 13.8 Å². The summed E-state index contributed by atoms with van der Waals surface area (Å²) in [5, 5.41) is 0. The molecule has 0 radical (unpaired) electrons. The van der Waals surface area contributed by atoms with E-state index in [1.165, 1.54) is 15.7 Å². The highest BCUT2D eigenvalue weighted by molar-refractivity contribution is 5.92. The molecule has 1 aromatic heterocycles. The average Bonchev–Trinajstić information content (AvgIpc) is 2.78. The smallest absolute Gasteiger partial charge is 0.338 e. The van der Waals surface area contributed by atoms with Gasteiger partial charge in [0.15, 0.2) is 0 Å². The van der Waals surface area contributed by atoms with Crippen LogP contribution in [-0.2, 0) is 13.0 Å². The number of aryl methyl sites for hydroxylation is 1. The van der Waals surface area contributed by atoms with Gasteiger partial charge in [-0.15, -0.1) is 0 Å². The molecule has 1 aliphatic rings. The topological polar surface area (TPSA) is 38.1 Å². The van der Waals surface area contributed by atoms with Crippen LogP contribution >= 0.6 is 0 Å². The van der Waals surface area contributed by atoms with Crippen molar-refractivity contribution in [1.82, 2.24) is 14.5 Å². The van der Waals surface area contributed by atoms with Gasteiger partial charge in [-0.05, 0) is 20.3 Å². The predicted molar refractivity (Wildman–Crippen MR) is 67.3 cm³/mol. The Bertz CT molecular complexity index is 507. The van der Waals surface area contributed by atoms with E-state index in [0.29, 0.717) is 5.82 Å². The summed E-state index contributed by atoms with van der Waals surface area (Å²) in [6.45, 7) is 3.49. The molecule has 0 spiro atoms. The number of halogens is 3. The first-order valence-electron chi connectivity index (χ1n) is 6.60. The number of carbonyl (C=O) groups excluding carboxylic acids is 1. The standard InChI is InChI=1S/C13H18F3N3O/c1-8(2)18(3)12(20)10-6-17-11-5-4-9(7-19(10)11)13(14,15)16/h6,8-9H,4-5,7H2,1-3H3. The van der Waals surface area contributed by atoms with Gasteiger partial charge in [0, 0.05) is 26.1 Å². The maximum Gasteiger partial charge on any atom is 0.393 e. The lowest BCUT2D eigenvalue weighted by Gasteiger charge is -2.28. The van der Waals surface area contributed by atoms with E-state index in [9.17, 15) is 18.0 Å². The number of rotatable bonds is 2. The van der Waals surface area contributed by atoms with Gasteiger partial charge in [-0.3, -0.25) is 4.79 Å². The molecule has 0 N–H and O–H groups in total. The van der Waals surface area contributed by atoms with Crippen LogP contribution in [-0.4, -0.2) is 39.6 Å². The molecular weight excluding hydrogens is 271 g/mol. The second-order valence-corrected chi connectivity index (χ2v) is 5.46. The molecule has 112 valence electrons. The fraction of sp³-hybridized carbons (Fsp3) is 0.692. The Morgan fingerprint density at radius 3 is 2.70 bits per heavy atom. The van der Waals surface area contributed by atoms with Gasteiger partial charge < -0.3 is 9.47 Å². The summed E-state index contributed by atoms with van der Waals surface area (Å²) in [5.74, 6) is -1.13. The maximum atomic E-state index is 12.8. The fourth-order valence-corrected chi connectivity index (χ4v) is 2.29. The Morgan fingerprint density at radius 1 is 1.50 bits per heavy atom. The zero-order valence-corrected chi connectivity index (χ0v) is 11.7. The van der Waals surface area contributed by atoms with E-state index in [-0.39, 0.29) is 37.0 Å². The highest BCUT2D eigenvalue weighted by Crippen LogP contribution is 2.34. The summed E-state index contributed by atoms with van der Waals surface area (Å²) in [6.07, 6.45) is -2.56. The summed E-state index contributed by atoms with van der Waals surface area (Å²) in [5.41, 5.74) is 0.241. The van der Waals surface area contributed by atoms with Gasteiger partial charge in [-0.1, -0.05) is 0 Å². The molecule has 0 aliphatic carbocycles. The third kappa shape index (κ3) is 2.66. The third-order valence-corrected chi connectivity index (χ3v) is 3.83. The van der Waals surface area contributed by atoms with E-state index in [4.69, 9.17) is 0 Å². The summed E-state index contributed by atoms with van der Waals surface area (Å²) < 4.78 is 39.9. The summed E-state index contributed by atoms with van der Waals surface area (Å²) in [7, 11) is 1.64. The van der Waals surface area contributed by atoms with Crippen molar-refractivity contribution >= 4 is 5.91 Å². The molecular formula is C13H18F3N3O. The minimum Gasteiger partial charge on any atom is -0.338 e. The molecule has 0 fully saturated rings. The molecule has 0 aromatic carbocycles. The molecule has 2 heterocycles. The van der Waals surface area contributed by atoms with E-state index in [2.05, 4.69) is 4.98 Å². The molecule has 1 amide bonds. The van der Waals surface area contributed by atoms with Crippen LogP contribution in [0.3, 0.4) is 0 Å². The number of fused-ring (bicyclic) bond motifs is 1. The molecule has 4 nitrogen and oxygen atoms in total.